The number of hydrogen-bond acceptors (Lipinski definition) is 2. The molecule has 2 rings (SSSR count). The van der Waals surface area contributed by atoms with E-state index in [1.807, 2.05) is 0 Å². The maximum atomic E-state index is 11.1. The van der Waals surface area contributed by atoms with Gasteiger partial charge in [-0.25, -0.2) is 0 Å². The largest absolute Gasteiger partial charge is 0.481 e. The number of carboxylic acid groups (broad SMARTS) is 1. The Balaban J connectivity index is 1.78. The van der Waals surface area contributed by atoms with Crippen LogP contribution >= 0.6 is 0 Å². The normalized spacial score (nSPS) is 35.6. The Morgan fingerprint density at radius 1 is 1.14 bits per heavy atom. The van der Waals surface area contributed by atoms with Crippen LogP contribution < -0.4 is 0 Å². The van der Waals surface area contributed by atoms with E-state index in [1.165, 1.54) is 32.2 Å². The fourth-order valence-corrected chi connectivity index (χ4v) is 4.26. The SMILES string of the molecule is CC1CC(C(=O)O)CCN1CC1CCC(C(C)(C)C)CC1. The van der Waals surface area contributed by atoms with Gasteiger partial charge in [0, 0.05) is 12.6 Å². The Kier molecular flexibility index (Phi) is 5.34. The van der Waals surface area contributed by atoms with E-state index in [0.717, 1.165) is 31.2 Å². The smallest absolute Gasteiger partial charge is 0.306 e. The predicted molar refractivity (Wildman–Crippen MR) is 86.3 cm³/mol. The molecule has 1 N–H and O–H groups in total. The average molecular weight is 295 g/mol. The van der Waals surface area contributed by atoms with Crippen molar-refractivity contribution in [3.05, 3.63) is 0 Å². The molecule has 0 amide bonds. The lowest BCUT2D eigenvalue weighted by Gasteiger charge is -2.41. The highest BCUT2D eigenvalue weighted by atomic mass is 16.4. The van der Waals surface area contributed by atoms with Gasteiger partial charge in [0.25, 0.3) is 0 Å². The van der Waals surface area contributed by atoms with Crippen molar-refractivity contribution in [2.24, 2.45) is 23.2 Å². The van der Waals surface area contributed by atoms with Crippen molar-refractivity contribution in [2.75, 3.05) is 13.1 Å². The van der Waals surface area contributed by atoms with E-state index < -0.39 is 5.97 Å². The first kappa shape index (κ1) is 16.8. The average Bonchev–Trinajstić information content (AvgIpc) is 2.40. The van der Waals surface area contributed by atoms with Crippen molar-refractivity contribution in [3.63, 3.8) is 0 Å². The quantitative estimate of drug-likeness (QED) is 0.854. The molecule has 21 heavy (non-hydrogen) atoms. The summed E-state index contributed by atoms with van der Waals surface area (Å²) in [5, 5.41) is 9.15. The van der Waals surface area contributed by atoms with Gasteiger partial charge in [-0.15, -0.1) is 0 Å². The molecular formula is C18H33NO2. The van der Waals surface area contributed by atoms with E-state index in [9.17, 15) is 4.79 Å². The summed E-state index contributed by atoms with van der Waals surface area (Å²) in [6, 6.07) is 0.431. The van der Waals surface area contributed by atoms with Gasteiger partial charge in [0.1, 0.15) is 0 Å². The molecule has 1 saturated heterocycles. The van der Waals surface area contributed by atoms with Crippen LogP contribution in [0.25, 0.3) is 0 Å². The van der Waals surface area contributed by atoms with Gasteiger partial charge in [0.15, 0.2) is 0 Å². The molecule has 0 radical (unpaired) electrons. The van der Waals surface area contributed by atoms with Crippen LogP contribution in [0.3, 0.4) is 0 Å². The first-order valence-electron chi connectivity index (χ1n) is 8.74. The monoisotopic (exact) mass is 295 g/mol. The van der Waals surface area contributed by atoms with Gasteiger partial charge < -0.3 is 10.0 Å². The van der Waals surface area contributed by atoms with Crippen LogP contribution in [-0.4, -0.2) is 35.1 Å². The van der Waals surface area contributed by atoms with Crippen LogP contribution in [0.1, 0.15) is 66.2 Å². The first-order valence-corrected chi connectivity index (χ1v) is 8.74. The lowest BCUT2D eigenvalue weighted by molar-refractivity contribution is -0.144. The molecule has 0 bridgehead atoms. The van der Waals surface area contributed by atoms with Crippen LogP contribution in [0.2, 0.25) is 0 Å². The predicted octanol–water partition coefficient (Wildman–Crippen LogP) is 4.02. The molecule has 2 atom stereocenters. The second-order valence-corrected chi connectivity index (χ2v) is 8.49. The zero-order chi connectivity index (χ0) is 15.6. The van der Waals surface area contributed by atoms with Crippen LogP contribution in [0.4, 0.5) is 0 Å². The number of rotatable bonds is 3. The Labute approximate surface area is 130 Å². The van der Waals surface area contributed by atoms with Crippen molar-refractivity contribution in [1.29, 1.82) is 0 Å². The molecule has 2 fully saturated rings. The number of likely N-dealkylation sites (tertiary alicyclic amines) is 1. The lowest BCUT2D eigenvalue weighted by Crippen LogP contribution is -2.45. The van der Waals surface area contributed by atoms with Crippen molar-refractivity contribution in [2.45, 2.75) is 72.3 Å². The molecule has 1 aliphatic carbocycles. The van der Waals surface area contributed by atoms with Gasteiger partial charge in [-0.3, -0.25) is 4.79 Å². The number of aliphatic carboxylic acids is 1. The Morgan fingerprint density at radius 3 is 2.24 bits per heavy atom. The summed E-state index contributed by atoms with van der Waals surface area (Å²) in [6.45, 7) is 11.5. The van der Waals surface area contributed by atoms with Crippen molar-refractivity contribution in [1.82, 2.24) is 4.90 Å². The number of carbonyl (C=O) groups is 1. The summed E-state index contributed by atoms with van der Waals surface area (Å²) in [4.78, 5) is 13.7. The summed E-state index contributed by atoms with van der Waals surface area (Å²) in [5.41, 5.74) is 0.456. The molecule has 0 aromatic heterocycles. The third-order valence-electron chi connectivity index (χ3n) is 5.93. The number of piperidine rings is 1. The second kappa shape index (κ2) is 6.68. The van der Waals surface area contributed by atoms with Crippen LogP contribution in [0.5, 0.6) is 0 Å². The molecule has 1 heterocycles. The number of hydrogen-bond donors (Lipinski definition) is 1. The van der Waals surface area contributed by atoms with Crippen LogP contribution in [0.15, 0.2) is 0 Å². The van der Waals surface area contributed by atoms with Crippen LogP contribution in [-0.2, 0) is 4.79 Å². The van der Waals surface area contributed by atoms with Gasteiger partial charge in [-0.2, -0.15) is 0 Å². The molecule has 2 aliphatic rings. The summed E-state index contributed by atoms with van der Waals surface area (Å²) in [6.07, 6.45) is 7.10. The van der Waals surface area contributed by atoms with Crippen molar-refractivity contribution < 1.29 is 9.90 Å². The minimum atomic E-state index is -0.604. The minimum Gasteiger partial charge on any atom is -0.481 e. The summed E-state index contributed by atoms with van der Waals surface area (Å²) >= 11 is 0. The van der Waals surface area contributed by atoms with E-state index in [-0.39, 0.29) is 5.92 Å². The standard InChI is InChI=1S/C18H33NO2/c1-13-11-15(17(20)21)9-10-19(13)12-14-5-7-16(8-6-14)18(2,3)4/h13-16H,5-12H2,1-4H3,(H,20,21). The van der Waals surface area contributed by atoms with E-state index in [1.54, 1.807) is 0 Å². The molecule has 1 saturated carbocycles. The first-order chi connectivity index (χ1) is 9.77. The summed E-state index contributed by atoms with van der Waals surface area (Å²) in [5.74, 6) is 0.983. The van der Waals surface area contributed by atoms with Crippen molar-refractivity contribution in [3.8, 4) is 0 Å². The lowest BCUT2D eigenvalue weighted by atomic mass is 9.69. The third kappa shape index (κ3) is 4.45. The van der Waals surface area contributed by atoms with Gasteiger partial charge in [-0.05, 0) is 69.2 Å². The molecule has 1 aliphatic heterocycles. The van der Waals surface area contributed by atoms with Crippen LogP contribution in [0, 0.1) is 23.2 Å². The fraction of sp³-hybridized carbons (Fsp3) is 0.944. The summed E-state index contributed by atoms with van der Waals surface area (Å²) in [7, 11) is 0. The Bertz CT molecular complexity index is 353. The summed E-state index contributed by atoms with van der Waals surface area (Å²) < 4.78 is 0. The van der Waals surface area contributed by atoms with E-state index in [4.69, 9.17) is 5.11 Å². The molecular weight excluding hydrogens is 262 g/mol. The molecule has 0 aromatic carbocycles. The van der Waals surface area contributed by atoms with E-state index in [2.05, 4.69) is 32.6 Å². The zero-order valence-electron chi connectivity index (χ0n) is 14.3. The Morgan fingerprint density at radius 2 is 1.76 bits per heavy atom. The molecule has 3 heteroatoms. The number of carboxylic acids is 1. The minimum absolute atomic E-state index is 0.118. The topological polar surface area (TPSA) is 40.5 Å². The zero-order valence-corrected chi connectivity index (χ0v) is 14.3. The highest BCUT2D eigenvalue weighted by molar-refractivity contribution is 5.70. The van der Waals surface area contributed by atoms with E-state index in [0.29, 0.717) is 11.5 Å². The highest BCUT2D eigenvalue weighted by Crippen LogP contribution is 2.40. The highest BCUT2D eigenvalue weighted by Gasteiger charge is 2.33. The fourth-order valence-electron chi connectivity index (χ4n) is 4.26. The Hall–Kier alpha value is -0.570. The molecule has 0 aromatic rings. The molecule has 2 unspecified atom stereocenters. The number of nitrogens with zero attached hydrogens (tertiary/aromatic N) is 1. The van der Waals surface area contributed by atoms with Gasteiger partial charge in [-0.1, -0.05) is 20.8 Å². The van der Waals surface area contributed by atoms with Gasteiger partial charge in [0.05, 0.1) is 5.92 Å². The van der Waals surface area contributed by atoms with Gasteiger partial charge >= 0.3 is 5.97 Å². The molecule has 0 spiro atoms. The second-order valence-electron chi connectivity index (χ2n) is 8.49. The van der Waals surface area contributed by atoms with Crippen molar-refractivity contribution >= 4 is 5.97 Å². The third-order valence-corrected chi connectivity index (χ3v) is 5.93. The maximum Gasteiger partial charge on any atom is 0.306 e. The molecule has 3 nitrogen and oxygen atoms in total. The van der Waals surface area contributed by atoms with E-state index >= 15 is 0 Å². The maximum absolute atomic E-state index is 11.1. The molecule has 122 valence electrons. The van der Waals surface area contributed by atoms with Gasteiger partial charge in [0.2, 0.25) is 0 Å².